The molecule has 1 heterocycles. The summed E-state index contributed by atoms with van der Waals surface area (Å²) in [7, 11) is 0. The van der Waals surface area contributed by atoms with Crippen LogP contribution >= 0.6 is 0 Å². The van der Waals surface area contributed by atoms with Crippen molar-refractivity contribution in [3.8, 4) is 12.3 Å². The van der Waals surface area contributed by atoms with Crippen molar-refractivity contribution in [3.05, 3.63) is 12.7 Å². The average molecular weight is 310 g/mol. The zero-order valence-corrected chi connectivity index (χ0v) is 13.7. The summed E-state index contributed by atoms with van der Waals surface area (Å²) in [6.45, 7) is 13.4. The molecular weight excluding hydrogens is 280 g/mol. The van der Waals surface area contributed by atoms with Crippen molar-refractivity contribution in [1.29, 1.82) is 0 Å². The summed E-state index contributed by atoms with van der Waals surface area (Å²) in [5, 5.41) is 0. The highest BCUT2D eigenvalue weighted by Crippen LogP contribution is 1.96. The van der Waals surface area contributed by atoms with Gasteiger partial charge in [0.1, 0.15) is 0 Å². The maximum atomic E-state index is 5.74. The molecule has 1 fully saturated rings. The molecule has 0 unspecified atom stereocenters. The molecule has 5 nitrogen and oxygen atoms in total. The van der Waals surface area contributed by atoms with Crippen LogP contribution in [0, 0.1) is 12.3 Å². The first kappa shape index (κ1) is 19.1. The largest absolute Gasteiger partial charge is 0.379 e. The molecule has 0 radical (unpaired) electrons. The van der Waals surface area contributed by atoms with Crippen LogP contribution in [0.2, 0.25) is 0 Å². The van der Waals surface area contributed by atoms with Gasteiger partial charge in [0, 0.05) is 45.7 Å². The molecule has 0 aliphatic carbocycles. The minimum Gasteiger partial charge on any atom is -0.379 e. The van der Waals surface area contributed by atoms with Gasteiger partial charge in [0.2, 0.25) is 0 Å². The zero-order chi connectivity index (χ0) is 15.9. The number of nitrogens with zero attached hydrogens (tertiary/aromatic N) is 2. The molecule has 1 saturated heterocycles. The van der Waals surface area contributed by atoms with E-state index in [1.54, 1.807) is 6.08 Å². The molecule has 0 aromatic rings. The number of terminal acetylenes is 1. The van der Waals surface area contributed by atoms with E-state index < -0.39 is 0 Å². The van der Waals surface area contributed by atoms with Crippen molar-refractivity contribution in [1.82, 2.24) is 9.80 Å². The van der Waals surface area contributed by atoms with E-state index in [1.807, 2.05) is 0 Å². The maximum Gasteiger partial charge on any atom is 0.0645 e. The molecule has 0 aromatic heterocycles. The van der Waals surface area contributed by atoms with E-state index in [9.17, 15) is 0 Å². The Morgan fingerprint density at radius 2 is 1.55 bits per heavy atom. The predicted octanol–water partition coefficient (Wildman–Crippen LogP) is 0.863. The second-order valence-corrected chi connectivity index (χ2v) is 5.23. The Kier molecular flexibility index (Phi) is 12.0. The number of rotatable bonds is 7. The fourth-order valence-electron chi connectivity index (χ4n) is 2.23. The summed E-state index contributed by atoms with van der Waals surface area (Å²) in [6, 6.07) is 0. The standard InChI is InChI=1S/C17H30N2O3/c1-3-5-6-18-7-14-21-16-10-19(9-13-20-12-4-2)11-17-22-15-8-18/h1,4H,2,5-17H2. The summed E-state index contributed by atoms with van der Waals surface area (Å²) < 4.78 is 16.9. The van der Waals surface area contributed by atoms with Crippen molar-refractivity contribution in [3.63, 3.8) is 0 Å². The van der Waals surface area contributed by atoms with Gasteiger partial charge in [-0.2, -0.15) is 0 Å². The lowest BCUT2D eigenvalue weighted by Gasteiger charge is -2.25. The molecule has 5 heteroatoms. The lowest BCUT2D eigenvalue weighted by Crippen LogP contribution is -2.37. The number of hydrogen-bond acceptors (Lipinski definition) is 5. The van der Waals surface area contributed by atoms with Gasteiger partial charge in [0.25, 0.3) is 0 Å². The minimum absolute atomic E-state index is 0.605. The fourth-order valence-corrected chi connectivity index (χ4v) is 2.23. The van der Waals surface area contributed by atoms with Crippen LogP contribution < -0.4 is 0 Å². The molecule has 0 atom stereocenters. The van der Waals surface area contributed by atoms with E-state index in [-0.39, 0.29) is 0 Å². The topological polar surface area (TPSA) is 34.2 Å². The number of ether oxygens (including phenoxy) is 3. The molecule has 1 rings (SSSR count). The van der Waals surface area contributed by atoms with Gasteiger partial charge in [-0.15, -0.1) is 18.9 Å². The van der Waals surface area contributed by atoms with Crippen LogP contribution in [0.1, 0.15) is 6.42 Å². The lowest BCUT2D eigenvalue weighted by molar-refractivity contribution is 0.0302. The van der Waals surface area contributed by atoms with Gasteiger partial charge in [0.05, 0.1) is 39.6 Å². The summed E-state index contributed by atoms with van der Waals surface area (Å²) in [5.74, 6) is 2.69. The molecule has 0 aromatic carbocycles. The third-order valence-electron chi connectivity index (χ3n) is 3.57. The van der Waals surface area contributed by atoms with E-state index >= 15 is 0 Å². The molecule has 1 aliphatic heterocycles. The molecule has 0 amide bonds. The van der Waals surface area contributed by atoms with Crippen LogP contribution in [0.5, 0.6) is 0 Å². The van der Waals surface area contributed by atoms with Crippen molar-refractivity contribution in [2.24, 2.45) is 0 Å². The second-order valence-electron chi connectivity index (χ2n) is 5.23. The smallest absolute Gasteiger partial charge is 0.0645 e. The normalized spacial score (nSPS) is 19.8. The van der Waals surface area contributed by atoms with Crippen molar-refractivity contribution >= 4 is 0 Å². The molecule has 0 N–H and O–H groups in total. The molecule has 0 saturated carbocycles. The highest BCUT2D eigenvalue weighted by atomic mass is 16.5. The van der Waals surface area contributed by atoms with E-state index in [0.29, 0.717) is 13.2 Å². The molecule has 0 bridgehead atoms. The minimum atomic E-state index is 0.605. The van der Waals surface area contributed by atoms with Crippen molar-refractivity contribution in [2.45, 2.75) is 6.42 Å². The highest BCUT2D eigenvalue weighted by molar-refractivity contribution is 4.84. The van der Waals surface area contributed by atoms with Crippen LogP contribution in [0.4, 0.5) is 0 Å². The third-order valence-corrected chi connectivity index (χ3v) is 3.57. The van der Waals surface area contributed by atoms with Crippen LogP contribution in [-0.2, 0) is 14.2 Å². The third kappa shape index (κ3) is 9.93. The monoisotopic (exact) mass is 310 g/mol. The van der Waals surface area contributed by atoms with Gasteiger partial charge in [-0.3, -0.25) is 9.80 Å². The summed E-state index contributed by atoms with van der Waals surface area (Å²) in [6.07, 6.45) is 7.88. The van der Waals surface area contributed by atoms with Crippen molar-refractivity contribution in [2.75, 3.05) is 78.9 Å². The molecule has 22 heavy (non-hydrogen) atoms. The Hall–Kier alpha value is -0.900. The van der Waals surface area contributed by atoms with E-state index in [1.165, 1.54) is 0 Å². The second kappa shape index (κ2) is 13.7. The van der Waals surface area contributed by atoms with E-state index in [0.717, 1.165) is 72.1 Å². The van der Waals surface area contributed by atoms with E-state index in [4.69, 9.17) is 20.6 Å². The molecule has 1 aliphatic rings. The summed E-state index contributed by atoms with van der Waals surface area (Å²) >= 11 is 0. The van der Waals surface area contributed by atoms with Gasteiger partial charge in [-0.1, -0.05) is 6.08 Å². The van der Waals surface area contributed by atoms with Crippen LogP contribution in [0.15, 0.2) is 12.7 Å². The van der Waals surface area contributed by atoms with Gasteiger partial charge in [-0.25, -0.2) is 0 Å². The zero-order valence-electron chi connectivity index (χ0n) is 13.7. The highest BCUT2D eigenvalue weighted by Gasteiger charge is 2.09. The van der Waals surface area contributed by atoms with Gasteiger partial charge in [0.15, 0.2) is 0 Å². The summed E-state index contributed by atoms with van der Waals surface area (Å²) in [4.78, 5) is 4.63. The Morgan fingerprint density at radius 1 is 1.00 bits per heavy atom. The summed E-state index contributed by atoms with van der Waals surface area (Å²) in [5.41, 5.74) is 0. The van der Waals surface area contributed by atoms with Gasteiger partial charge in [-0.05, 0) is 0 Å². The Balaban J connectivity index is 2.25. The first-order valence-electron chi connectivity index (χ1n) is 8.09. The van der Waals surface area contributed by atoms with Gasteiger partial charge >= 0.3 is 0 Å². The number of hydrogen-bond donors (Lipinski definition) is 0. The Labute approximate surface area is 135 Å². The lowest BCUT2D eigenvalue weighted by atomic mass is 10.3. The molecule has 0 spiro atoms. The van der Waals surface area contributed by atoms with Crippen LogP contribution in [-0.4, -0.2) is 88.7 Å². The van der Waals surface area contributed by atoms with Crippen molar-refractivity contribution < 1.29 is 14.2 Å². The predicted molar refractivity (Wildman–Crippen MR) is 89.0 cm³/mol. The quantitative estimate of drug-likeness (QED) is 0.396. The van der Waals surface area contributed by atoms with Crippen LogP contribution in [0.3, 0.4) is 0 Å². The maximum absolute atomic E-state index is 5.74. The van der Waals surface area contributed by atoms with Gasteiger partial charge < -0.3 is 14.2 Å². The van der Waals surface area contributed by atoms with Crippen LogP contribution in [0.25, 0.3) is 0 Å². The average Bonchev–Trinajstić information content (AvgIpc) is 2.52. The fraction of sp³-hybridized carbons (Fsp3) is 0.765. The molecular formula is C17H30N2O3. The first-order valence-corrected chi connectivity index (χ1v) is 8.09. The first-order chi connectivity index (χ1) is 10.9. The van der Waals surface area contributed by atoms with E-state index in [2.05, 4.69) is 22.3 Å². The Bertz CT molecular complexity index is 304. The molecule has 126 valence electrons. The SMILES string of the molecule is C#CCCN1CCOCCN(CCOCC=C)CCOCC1. The Morgan fingerprint density at radius 3 is 2.05 bits per heavy atom.